The number of piperidine rings is 1. The van der Waals surface area contributed by atoms with Gasteiger partial charge in [0.25, 0.3) is 0 Å². The largest absolute Gasteiger partial charge is 0.436 e. The van der Waals surface area contributed by atoms with Crippen LogP contribution in [0.15, 0.2) is 52.9 Å². The smallest absolute Gasteiger partial charge is 0.228 e. The number of ether oxygens (including phenoxy) is 1. The predicted octanol–water partition coefficient (Wildman–Crippen LogP) is 3.71. The standard InChI is InChI=1S/C24H25N3O4/c28-22(16-9-12-27(13-10-16)24(29)18-11-14-30-15-18)25-19-7-5-17(6-8-19)23-26-20-3-1-2-4-21(20)31-23/h1-8,16,18H,9-15H2,(H,25,28). The Hall–Kier alpha value is -3.19. The van der Waals surface area contributed by atoms with Gasteiger partial charge in [0, 0.05) is 36.9 Å². The molecular formula is C24H25N3O4. The van der Waals surface area contributed by atoms with E-state index in [1.165, 1.54) is 0 Å². The first-order chi connectivity index (χ1) is 15.2. The first-order valence-corrected chi connectivity index (χ1v) is 10.8. The van der Waals surface area contributed by atoms with Crippen molar-refractivity contribution >= 4 is 28.6 Å². The van der Waals surface area contributed by atoms with Gasteiger partial charge in [-0.05, 0) is 55.7 Å². The number of nitrogens with one attached hydrogen (secondary N) is 1. The topological polar surface area (TPSA) is 84.7 Å². The van der Waals surface area contributed by atoms with Crippen LogP contribution in [0.25, 0.3) is 22.6 Å². The second kappa shape index (κ2) is 8.51. The Kier molecular flexibility index (Phi) is 5.42. The average molecular weight is 419 g/mol. The summed E-state index contributed by atoms with van der Waals surface area (Å²) in [5, 5.41) is 3.00. The number of nitrogens with zero attached hydrogens (tertiary/aromatic N) is 2. The molecule has 2 fully saturated rings. The molecule has 1 unspecified atom stereocenters. The molecule has 2 saturated heterocycles. The number of para-hydroxylation sites is 2. The third kappa shape index (κ3) is 4.18. The number of anilines is 1. The number of likely N-dealkylation sites (tertiary alicyclic amines) is 1. The van der Waals surface area contributed by atoms with Crippen LogP contribution in [0, 0.1) is 11.8 Å². The van der Waals surface area contributed by atoms with Crippen LogP contribution >= 0.6 is 0 Å². The van der Waals surface area contributed by atoms with E-state index >= 15 is 0 Å². The van der Waals surface area contributed by atoms with Gasteiger partial charge in [-0.1, -0.05) is 12.1 Å². The summed E-state index contributed by atoms with van der Waals surface area (Å²) >= 11 is 0. The van der Waals surface area contributed by atoms with Crippen LogP contribution in [0.1, 0.15) is 19.3 Å². The minimum atomic E-state index is -0.0828. The highest BCUT2D eigenvalue weighted by molar-refractivity contribution is 5.93. The lowest BCUT2D eigenvalue weighted by Crippen LogP contribution is -2.44. The third-order valence-corrected chi connectivity index (χ3v) is 6.15. The predicted molar refractivity (Wildman–Crippen MR) is 116 cm³/mol. The number of fused-ring (bicyclic) bond motifs is 1. The third-order valence-electron chi connectivity index (χ3n) is 6.15. The Labute approximate surface area is 180 Å². The number of hydrogen-bond donors (Lipinski definition) is 1. The Bertz CT molecular complexity index is 1040. The van der Waals surface area contributed by atoms with Gasteiger partial charge in [0.1, 0.15) is 5.52 Å². The van der Waals surface area contributed by atoms with Crippen molar-refractivity contribution in [1.29, 1.82) is 0 Å². The molecule has 1 N–H and O–H groups in total. The summed E-state index contributed by atoms with van der Waals surface area (Å²) in [6.07, 6.45) is 2.18. The number of benzene rings is 2. The number of carbonyl (C=O) groups is 2. The summed E-state index contributed by atoms with van der Waals surface area (Å²) in [6.45, 7) is 2.45. The van der Waals surface area contributed by atoms with Gasteiger partial charge in [-0.15, -0.1) is 0 Å². The van der Waals surface area contributed by atoms with Crippen molar-refractivity contribution in [3.8, 4) is 11.5 Å². The van der Waals surface area contributed by atoms with Gasteiger partial charge in [-0.2, -0.15) is 0 Å². The fraction of sp³-hybridized carbons (Fsp3) is 0.375. The molecule has 7 heteroatoms. The van der Waals surface area contributed by atoms with Crippen molar-refractivity contribution in [3.05, 3.63) is 48.5 Å². The fourth-order valence-corrected chi connectivity index (χ4v) is 4.29. The highest BCUT2D eigenvalue weighted by Crippen LogP contribution is 2.26. The van der Waals surface area contributed by atoms with Crippen LogP contribution in [0.2, 0.25) is 0 Å². The van der Waals surface area contributed by atoms with Crippen molar-refractivity contribution in [2.24, 2.45) is 11.8 Å². The molecule has 2 aliphatic rings. The zero-order chi connectivity index (χ0) is 21.2. The maximum Gasteiger partial charge on any atom is 0.228 e. The maximum absolute atomic E-state index is 12.7. The Balaban J connectivity index is 1.17. The van der Waals surface area contributed by atoms with Gasteiger partial charge in [0.05, 0.1) is 12.5 Å². The maximum atomic E-state index is 12.7. The van der Waals surface area contributed by atoms with E-state index in [1.807, 2.05) is 53.4 Å². The van der Waals surface area contributed by atoms with Crippen LogP contribution < -0.4 is 5.32 Å². The summed E-state index contributed by atoms with van der Waals surface area (Å²) in [5.41, 5.74) is 3.17. The van der Waals surface area contributed by atoms with Crippen molar-refractivity contribution < 1.29 is 18.7 Å². The molecule has 7 nitrogen and oxygen atoms in total. The number of aromatic nitrogens is 1. The van der Waals surface area contributed by atoms with Crippen LogP contribution in [-0.2, 0) is 14.3 Å². The summed E-state index contributed by atoms with van der Waals surface area (Å²) in [7, 11) is 0. The fourth-order valence-electron chi connectivity index (χ4n) is 4.29. The van der Waals surface area contributed by atoms with E-state index < -0.39 is 0 Å². The molecule has 0 saturated carbocycles. The number of rotatable bonds is 4. The van der Waals surface area contributed by atoms with Gasteiger partial charge < -0.3 is 19.4 Å². The molecule has 2 aromatic carbocycles. The van der Waals surface area contributed by atoms with Gasteiger partial charge in [0.15, 0.2) is 5.58 Å². The molecule has 0 spiro atoms. The quantitative estimate of drug-likeness (QED) is 0.697. The molecule has 160 valence electrons. The summed E-state index contributed by atoms with van der Waals surface area (Å²) < 4.78 is 11.1. The molecule has 1 aromatic heterocycles. The Morgan fingerprint density at radius 2 is 1.74 bits per heavy atom. The Morgan fingerprint density at radius 3 is 2.45 bits per heavy atom. The van der Waals surface area contributed by atoms with E-state index in [1.54, 1.807) is 0 Å². The second-order valence-electron chi connectivity index (χ2n) is 8.21. The molecule has 2 amide bonds. The number of oxazole rings is 1. The van der Waals surface area contributed by atoms with E-state index in [0.29, 0.717) is 45.0 Å². The van der Waals surface area contributed by atoms with Crippen LogP contribution in [0.5, 0.6) is 0 Å². The first kappa shape index (κ1) is 19.8. The lowest BCUT2D eigenvalue weighted by molar-refractivity contribution is -0.138. The molecule has 3 aromatic rings. The highest BCUT2D eigenvalue weighted by atomic mass is 16.5. The normalized spacial score (nSPS) is 19.6. The lowest BCUT2D eigenvalue weighted by Gasteiger charge is -2.32. The lowest BCUT2D eigenvalue weighted by atomic mass is 9.94. The van der Waals surface area contributed by atoms with Crippen LogP contribution in [-0.4, -0.2) is 48.0 Å². The van der Waals surface area contributed by atoms with Gasteiger partial charge >= 0.3 is 0 Å². The minimum Gasteiger partial charge on any atom is -0.436 e. The van der Waals surface area contributed by atoms with E-state index in [9.17, 15) is 9.59 Å². The minimum absolute atomic E-state index is 0.00547. The molecule has 3 heterocycles. The number of carbonyl (C=O) groups excluding carboxylic acids is 2. The molecule has 5 rings (SSSR count). The van der Waals surface area contributed by atoms with E-state index in [2.05, 4.69) is 10.3 Å². The highest BCUT2D eigenvalue weighted by Gasteiger charge is 2.32. The van der Waals surface area contributed by atoms with Gasteiger partial charge in [0.2, 0.25) is 17.7 Å². The second-order valence-corrected chi connectivity index (χ2v) is 8.21. The number of hydrogen-bond acceptors (Lipinski definition) is 5. The first-order valence-electron chi connectivity index (χ1n) is 10.8. The molecule has 0 radical (unpaired) electrons. The van der Waals surface area contributed by atoms with Gasteiger partial charge in [-0.3, -0.25) is 9.59 Å². The van der Waals surface area contributed by atoms with Crippen molar-refractivity contribution in [2.75, 3.05) is 31.6 Å². The molecule has 0 aliphatic carbocycles. The van der Waals surface area contributed by atoms with E-state index in [0.717, 1.165) is 28.8 Å². The summed E-state index contributed by atoms with van der Waals surface area (Å²) in [5.74, 6) is 0.645. The Morgan fingerprint density at radius 1 is 0.968 bits per heavy atom. The zero-order valence-corrected chi connectivity index (χ0v) is 17.3. The molecule has 0 bridgehead atoms. The molecule has 1 atom stereocenters. The van der Waals surface area contributed by atoms with E-state index in [-0.39, 0.29) is 23.7 Å². The van der Waals surface area contributed by atoms with Crippen LogP contribution in [0.4, 0.5) is 5.69 Å². The van der Waals surface area contributed by atoms with E-state index in [4.69, 9.17) is 9.15 Å². The molecular weight excluding hydrogens is 394 g/mol. The molecule has 2 aliphatic heterocycles. The monoisotopic (exact) mass is 419 g/mol. The average Bonchev–Trinajstić information content (AvgIpc) is 3.49. The zero-order valence-electron chi connectivity index (χ0n) is 17.3. The van der Waals surface area contributed by atoms with Crippen LogP contribution in [0.3, 0.4) is 0 Å². The summed E-state index contributed by atoms with van der Waals surface area (Å²) in [6, 6.07) is 15.2. The van der Waals surface area contributed by atoms with Crippen molar-refractivity contribution in [3.63, 3.8) is 0 Å². The SMILES string of the molecule is O=C(Nc1ccc(-c2nc3ccccc3o2)cc1)C1CCN(C(=O)C2CCOC2)CC1. The number of amides is 2. The molecule has 31 heavy (non-hydrogen) atoms. The van der Waals surface area contributed by atoms with Crippen molar-refractivity contribution in [2.45, 2.75) is 19.3 Å². The summed E-state index contributed by atoms with van der Waals surface area (Å²) in [4.78, 5) is 31.6. The van der Waals surface area contributed by atoms with Gasteiger partial charge in [-0.25, -0.2) is 4.98 Å². The van der Waals surface area contributed by atoms with Crippen molar-refractivity contribution in [1.82, 2.24) is 9.88 Å².